The first kappa shape index (κ1) is 14.6. The van der Waals surface area contributed by atoms with Crippen LogP contribution < -0.4 is 5.32 Å². The molecule has 2 rings (SSSR count). The summed E-state index contributed by atoms with van der Waals surface area (Å²) in [6, 6.07) is 13.1. The van der Waals surface area contributed by atoms with Crippen molar-refractivity contribution in [3.05, 3.63) is 64.7 Å². The first-order valence-electron chi connectivity index (χ1n) is 5.96. The summed E-state index contributed by atoms with van der Waals surface area (Å²) in [5.74, 6) is 3.46. The fourth-order valence-electron chi connectivity index (χ4n) is 1.60. The van der Waals surface area contributed by atoms with E-state index in [1.54, 1.807) is 12.1 Å². The van der Waals surface area contributed by atoms with Crippen molar-refractivity contribution in [2.75, 3.05) is 5.32 Å². The van der Waals surface area contributed by atoms with Crippen LogP contribution in [-0.4, -0.2) is 17.0 Å². The minimum absolute atomic E-state index is 0.00572. The van der Waals surface area contributed by atoms with Crippen molar-refractivity contribution in [3.8, 4) is 11.8 Å². The Kier molecular flexibility index (Phi) is 4.60. The monoisotopic (exact) mass is 299 g/mol. The molecular formula is C16H10ClNO3. The molecule has 5 heteroatoms. The van der Waals surface area contributed by atoms with E-state index in [1.165, 1.54) is 18.2 Å². The molecule has 0 spiro atoms. The maximum absolute atomic E-state index is 11.7. The molecule has 104 valence electrons. The number of amides is 1. The predicted molar refractivity (Wildman–Crippen MR) is 80.4 cm³/mol. The summed E-state index contributed by atoms with van der Waals surface area (Å²) in [6.07, 6.45) is 0. The molecule has 0 atom stereocenters. The molecule has 0 aromatic heterocycles. The van der Waals surface area contributed by atoms with E-state index in [1.807, 2.05) is 18.2 Å². The standard InChI is InChI=1S/C16H10ClNO3/c17-13-8-12(16(20)21)9-14(10-13)18-15(19)7-6-11-4-2-1-3-5-11/h1-5,8-10H,(H,18,19)(H,20,21). The first-order chi connectivity index (χ1) is 10.0. The average Bonchev–Trinajstić information content (AvgIpc) is 2.45. The van der Waals surface area contributed by atoms with Crippen molar-refractivity contribution < 1.29 is 14.7 Å². The third-order valence-electron chi connectivity index (χ3n) is 2.50. The fraction of sp³-hybridized carbons (Fsp3) is 0. The second-order valence-corrected chi connectivity index (χ2v) is 4.54. The molecule has 4 nitrogen and oxygen atoms in total. The van der Waals surface area contributed by atoms with Crippen LogP contribution in [0.15, 0.2) is 48.5 Å². The van der Waals surface area contributed by atoms with Gasteiger partial charge in [-0.25, -0.2) is 4.79 Å². The second kappa shape index (κ2) is 6.60. The van der Waals surface area contributed by atoms with E-state index in [2.05, 4.69) is 17.2 Å². The van der Waals surface area contributed by atoms with E-state index in [4.69, 9.17) is 16.7 Å². The summed E-state index contributed by atoms with van der Waals surface area (Å²) in [4.78, 5) is 22.6. The number of carbonyl (C=O) groups excluding carboxylic acids is 1. The highest BCUT2D eigenvalue weighted by Gasteiger charge is 2.07. The molecule has 0 fully saturated rings. The van der Waals surface area contributed by atoms with Gasteiger partial charge in [-0.05, 0) is 30.3 Å². The Balaban J connectivity index is 2.14. The number of aromatic carboxylic acids is 1. The van der Waals surface area contributed by atoms with Gasteiger partial charge < -0.3 is 10.4 Å². The van der Waals surface area contributed by atoms with E-state index >= 15 is 0 Å². The summed E-state index contributed by atoms with van der Waals surface area (Å²) in [6.45, 7) is 0. The van der Waals surface area contributed by atoms with E-state index in [9.17, 15) is 9.59 Å². The Morgan fingerprint density at radius 2 is 1.81 bits per heavy atom. The molecule has 0 bridgehead atoms. The Hall–Kier alpha value is -2.77. The number of anilines is 1. The Morgan fingerprint density at radius 3 is 2.48 bits per heavy atom. The highest BCUT2D eigenvalue weighted by molar-refractivity contribution is 6.31. The van der Waals surface area contributed by atoms with Crippen LogP contribution in [-0.2, 0) is 4.79 Å². The number of benzene rings is 2. The van der Waals surface area contributed by atoms with Crippen molar-refractivity contribution in [2.24, 2.45) is 0 Å². The van der Waals surface area contributed by atoms with Crippen LogP contribution in [0.5, 0.6) is 0 Å². The highest BCUT2D eigenvalue weighted by atomic mass is 35.5. The molecule has 0 aliphatic rings. The Bertz CT molecular complexity index is 745. The third-order valence-corrected chi connectivity index (χ3v) is 2.71. The van der Waals surface area contributed by atoms with Gasteiger partial charge in [0.15, 0.2) is 0 Å². The number of nitrogens with one attached hydrogen (secondary N) is 1. The number of carboxylic acid groups (broad SMARTS) is 1. The normalized spacial score (nSPS) is 9.38. The molecule has 0 saturated heterocycles. The number of carboxylic acids is 1. The number of hydrogen-bond acceptors (Lipinski definition) is 2. The molecule has 0 aliphatic heterocycles. The molecule has 0 radical (unpaired) electrons. The van der Waals surface area contributed by atoms with Crippen molar-refractivity contribution in [3.63, 3.8) is 0 Å². The summed E-state index contributed by atoms with van der Waals surface area (Å²) >= 11 is 5.80. The lowest BCUT2D eigenvalue weighted by atomic mass is 10.2. The summed E-state index contributed by atoms with van der Waals surface area (Å²) in [5, 5.41) is 11.6. The molecule has 0 unspecified atom stereocenters. The lowest BCUT2D eigenvalue weighted by Gasteiger charge is -2.03. The maximum atomic E-state index is 11.7. The summed E-state index contributed by atoms with van der Waals surface area (Å²) in [5.41, 5.74) is 0.992. The van der Waals surface area contributed by atoms with Crippen LogP contribution in [0.1, 0.15) is 15.9 Å². The number of carbonyl (C=O) groups is 2. The highest BCUT2D eigenvalue weighted by Crippen LogP contribution is 2.19. The number of hydrogen-bond donors (Lipinski definition) is 2. The number of rotatable bonds is 2. The van der Waals surface area contributed by atoms with Gasteiger partial charge in [0, 0.05) is 22.2 Å². The lowest BCUT2D eigenvalue weighted by molar-refractivity contribution is -0.111. The molecular weight excluding hydrogens is 290 g/mol. The molecule has 1 amide bonds. The Morgan fingerprint density at radius 1 is 1.10 bits per heavy atom. The lowest BCUT2D eigenvalue weighted by Crippen LogP contribution is -2.09. The van der Waals surface area contributed by atoms with Gasteiger partial charge in [-0.2, -0.15) is 0 Å². The zero-order valence-electron chi connectivity index (χ0n) is 10.8. The molecule has 0 saturated carbocycles. The molecule has 21 heavy (non-hydrogen) atoms. The van der Waals surface area contributed by atoms with Crippen LogP contribution in [0.3, 0.4) is 0 Å². The van der Waals surface area contributed by atoms with Gasteiger partial charge in [0.2, 0.25) is 0 Å². The SMILES string of the molecule is O=C(C#Cc1ccccc1)Nc1cc(Cl)cc(C(=O)O)c1. The minimum Gasteiger partial charge on any atom is -0.478 e. The van der Waals surface area contributed by atoms with Crippen LogP contribution in [0.4, 0.5) is 5.69 Å². The molecule has 2 aromatic carbocycles. The van der Waals surface area contributed by atoms with Crippen molar-refractivity contribution in [1.82, 2.24) is 0 Å². The molecule has 2 aromatic rings. The van der Waals surface area contributed by atoms with Gasteiger partial charge >= 0.3 is 11.9 Å². The van der Waals surface area contributed by atoms with E-state index in [0.29, 0.717) is 5.56 Å². The minimum atomic E-state index is -1.12. The smallest absolute Gasteiger partial charge is 0.335 e. The number of halogens is 1. The first-order valence-corrected chi connectivity index (χ1v) is 6.34. The second-order valence-electron chi connectivity index (χ2n) is 4.10. The van der Waals surface area contributed by atoms with Crippen LogP contribution in [0.25, 0.3) is 0 Å². The van der Waals surface area contributed by atoms with Gasteiger partial charge in [0.1, 0.15) is 0 Å². The average molecular weight is 300 g/mol. The molecule has 2 N–H and O–H groups in total. The summed E-state index contributed by atoms with van der Waals surface area (Å²) in [7, 11) is 0. The summed E-state index contributed by atoms with van der Waals surface area (Å²) < 4.78 is 0. The van der Waals surface area contributed by atoms with Crippen molar-refractivity contribution in [1.29, 1.82) is 0 Å². The fourth-order valence-corrected chi connectivity index (χ4v) is 1.83. The zero-order valence-corrected chi connectivity index (χ0v) is 11.5. The van der Waals surface area contributed by atoms with Crippen LogP contribution in [0.2, 0.25) is 5.02 Å². The van der Waals surface area contributed by atoms with Gasteiger partial charge in [-0.15, -0.1) is 0 Å². The van der Waals surface area contributed by atoms with E-state index < -0.39 is 11.9 Å². The Labute approximate surface area is 126 Å². The molecule has 0 heterocycles. The van der Waals surface area contributed by atoms with Crippen LogP contribution >= 0.6 is 11.6 Å². The quantitative estimate of drug-likeness (QED) is 0.838. The van der Waals surface area contributed by atoms with E-state index in [0.717, 1.165) is 0 Å². The van der Waals surface area contributed by atoms with Gasteiger partial charge in [0.25, 0.3) is 0 Å². The topological polar surface area (TPSA) is 66.4 Å². The van der Waals surface area contributed by atoms with Gasteiger partial charge in [0.05, 0.1) is 5.56 Å². The van der Waals surface area contributed by atoms with Gasteiger partial charge in [-0.1, -0.05) is 35.7 Å². The van der Waals surface area contributed by atoms with Crippen LogP contribution in [0, 0.1) is 11.8 Å². The van der Waals surface area contributed by atoms with Crippen molar-refractivity contribution in [2.45, 2.75) is 0 Å². The van der Waals surface area contributed by atoms with E-state index in [-0.39, 0.29) is 16.3 Å². The predicted octanol–water partition coefficient (Wildman–Crippen LogP) is 3.03. The zero-order chi connectivity index (χ0) is 15.2. The van der Waals surface area contributed by atoms with Gasteiger partial charge in [-0.3, -0.25) is 4.79 Å². The largest absolute Gasteiger partial charge is 0.478 e. The maximum Gasteiger partial charge on any atom is 0.335 e. The third kappa shape index (κ3) is 4.37. The van der Waals surface area contributed by atoms with Crippen molar-refractivity contribution >= 4 is 29.2 Å². The molecule has 0 aliphatic carbocycles.